The molecule has 0 N–H and O–H groups in total. The average Bonchev–Trinajstić information content (AvgIpc) is 3.14. The van der Waals surface area contributed by atoms with E-state index in [1.54, 1.807) is 0 Å². The summed E-state index contributed by atoms with van der Waals surface area (Å²) < 4.78 is 6.29. The lowest BCUT2D eigenvalue weighted by atomic mass is 9.76. The van der Waals surface area contributed by atoms with Crippen LogP contribution in [0, 0.1) is 0 Å². The minimum Gasteiger partial charge on any atom is -0.477 e. The van der Waals surface area contributed by atoms with Gasteiger partial charge in [-0.25, -0.2) is 10.0 Å². The fourth-order valence-corrected chi connectivity index (χ4v) is 3.29. The summed E-state index contributed by atoms with van der Waals surface area (Å²) in [6.45, 7) is 16.7. The maximum absolute atomic E-state index is 6.29. The Labute approximate surface area is 155 Å². The molecule has 0 atom stereocenters. The van der Waals surface area contributed by atoms with Gasteiger partial charge in [0.05, 0.1) is 0 Å². The predicted molar refractivity (Wildman–Crippen MR) is 107 cm³/mol. The molecule has 1 aromatic rings. The van der Waals surface area contributed by atoms with Crippen LogP contribution in [0.4, 0.5) is 0 Å². The standard InChI is InChI=1S/C22H38N2O/c1-8-21(3,4)18-12-13-20(19(16-18)22(5,6)9-2)25-17-23(7)24-14-10-11-15-24/h12-13,16H,8-11,14-15,17H2,1-7H3. The lowest BCUT2D eigenvalue weighted by molar-refractivity contribution is -0.0341. The first-order chi connectivity index (χ1) is 11.7. The van der Waals surface area contributed by atoms with Crippen molar-refractivity contribution in [1.29, 1.82) is 0 Å². The highest BCUT2D eigenvalue weighted by atomic mass is 16.5. The number of hydrogen-bond donors (Lipinski definition) is 0. The van der Waals surface area contributed by atoms with E-state index >= 15 is 0 Å². The minimum absolute atomic E-state index is 0.112. The molecule has 1 heterocycles. The highest BCUT2D eigenvalue weighted by Crippen LogP contribution is 2.38. The fourth-order valence-electron chi connectivity index (χ4n) is 3.29. The summed E-state index contributed by atoms with van der Waals surface area (Å²) in [6.07, 6.45) is 4.82. The summed E-state index contributed by atoms with van der Waals surface area (Å²) in [4.78, 5) is 0. The van der Waals surface area contributed by atoms with Gasteiger partial charge in [-0.1, -0.05) is 53.7 Å². The van der Waals surface area contributed by atoms with Crippen molar-refractivity contribution in [2.45, 2.75) is 78.1 Å². The molecule has 2 rings (SSSR count). The summed E-state index contributed by atoms with van der Waals surface area (Å²) in [5.41, 5.74) is 3.06. The topological polar surface area (TPSA) is 15.7 Å². The molecule has 25 heavy (non-hydrogen) atoms. The Morgan fingerprint density at radius 2 is 1.60 bits per heavy atom. The molecule has 142 valence electrons. The Balaban J connectivity index is 2.23. The van der Waals surface area contributed by atoms with E-state index in [9.17, 15) is 0 Å². The fraction of sp³-hybridized carbons (Fsp3) is 0.727. The van der Waals surface area contributed by atoms with Gasteiger partial charge in [0.1, 0.15) is 5.75 Å². The first-order valence-electron chi connectivity index (χ1n) is 9.95. The molecule has 0 aliphatic carbocycles. The summed E-state index contributed by atoms with van der Waals surface area (Å²) in [7, 11) is 2.13. The molecule has 3 heteroatoms. The lowest BCUT2D eigenvalue weighted by Gasteiger charge is -2.32. The van der Waals surface area contributed by atoms with Crippen LogP contribution in [0.5, 0.6) is 5.75 Å². The maximum Gasteiger partial charge on any atom is 0.154 e. The van der Waals surface area contributed by atoms with Crippen molar-refractivity contribution in [3.05, 3.63) is 29.3 Å². The normalized spacial score (nSPS) is 16.6. The molecule has 0 spiro atoms. The Hall–Kier alpha value is -1.06. The van der Waals surface area contributed by atoms with Gasteiger partial charge in [0.25, 0.3) is 0 Å². The Morgan fingerprint density at radius 3 is 2.16 bits per heavy atom. The second-order valence-corrected chi connectivity index (χ2v) is 8.78. The van der Waals surface area contributed by atoms with Crippen molar-refractivity contribution in [2.24, 2.45) is 0 Å². The van der Waals surface area contributed by atoms with Gasteiger partial charge in [0.2, 0.25) is 0 Å². The highest BCUT2D eigenvalue weighted by Gasteiger charge is 2.27. The van der Waals surface area contributed by atoms with Crippen LogP contribution in [-0.4, -0.2) is 36.9 Å². The molecule has 0 radical (unpaired) electrons. The predicted octanol–water partition coefficient (Wildman–Crippen LogP) is 5.34. The van der Waals surface area contributed by atoms with Crippen molar-refractivity contribution in [3.8, 4) is 5.75 Å². The molecular formula is C22H38N2O. The van der Waals surface area contributed by atoms with Gasteiger partial charge < -0.3 is 4.74 Å². The van der Waals surface area contributed by atoms with Gasteiger partial charge in [-0.2, -0.15) is 0 Å². The van der Waals surface area contributed by atoms with E-state index in [1.165, 1.54) is 24.0 Å². The van der Waals surface area contributed by atoms with E-state index in [1.807, 2.05) is 0 Å². The van der Waals surface area contributed by atoms with Crippen molar-refractivity contribution >= 4 is 0 Å². The quantitative estimate of drug-likeness (QED) is 0.591. The second-order valence-electron chi connectivity index (χ2n) is 8.78. The summed E-state index contributed by atoms with van der Waals surface area (Å²) in [5.74, 6) is 1.04. The van der Waals surface area contributed by atoms with E-state index in [4.69, 9.17) is 4.74 Å². The zero-order valence-corrected chi connectivity index (χ0v) is 17.5. The highest BCUT2D eigenvalue weighted by molar-refractivity contribution is 5.44. The molecule has 1 saturated heterocycles. The van der Waals surface area contributed by atoms with Crippen LogP contribution in [0.2, 0.25) is 0 Å². The monoisotopic (exact) mass is 346 g/mol. The molecule has 3 nitrogen and oxygen atoms in total. The van der Waals surface area contributed by atoms with Crippen LogP contribution < -0.4 is 4.74 Å². The zero-order valence-electron chi connectivity index (χ0n) is 17.5. The van der Waals surface area contributed by atoms with E-state index in [0.717, 1.165) is 31.7 Å². The molecule has 1 fully saturated rings. The zero-order chi connectivity index (χ0) is 18.7. The third-order valence-electron chi connectivity index (χ3n) is 6.23. The number of hydrogen-bond acceptors (Lipinski definition) is 3. The van der Waals surface area contributed by atoms with Crippen LogP contribution in [-0.2, 0) is 10.8 Å². The van der Waals surface area contributed by atoms with Crippen LogP contribution in [0.25, 0.3) is 0 Å². The van der Waals surface area contributed by atoms with E-state index in [-0.39, 0.29) is 10.8 Å². The first-order valence-corrected chi connectivity index (χ1v) is 9.95. The summed E-state index contributed by atoms with van der Waals surface area (Å²) >= 11 is 0. The van der Waals surface area contributed by atoms with Gasteiger partial charge in [0, 0.05) is 25.7 Å². The van der Waals surface area contributed by atoms with Crippen LogP contribution in [0.1, 0.15) is 78.4 Å². The molecule has 1 aromatic carbocycles. The van der Waals surface area contributed by atoms with E-state index < -0.39 is 0 Å². The second kappa shape index (κ2) is 8.09. The third kappa shape index (κ3) is 4.77. The SMILES string of the molecule is CCC(C)(C)c1ccc(OCN(C)N2CCCC2)c(C(C)(C)CC)c1. The Morgan fingerprint density at radius 1 is 1.00 bits per heavy atom. The van der Waals surface area contributed by atoms with Crippen LogP contribution in [0.3, 0.4) is 0 Å². The number of nitrogens with zero attached hydrogens (tertiary/aromatic N) is 2. The average molecular weight is 347 g/mol. The van der Waals surface area contributed by atoms with Crippen molar-refractivity contribution in [3.63, 3.8) is 0 Å². The van der Waals surface area contributed by atoms with Gasteiger partial charge in [0.15, 0.2) is 6.73 Å². The third-order valence-corrected chi connectivity index (χ3v) is 6.23. The number of rotatable bonds is 8. The smallest absolute Gasteiger partial charge is 0.154 e. The van der Waals surface area contributed by atoms with Gasteiger partial charge in [-0.05, 0) is 48.1 Å². The molecule has 1 aliphatic heterocycles. The van der Waals surface area contributed by atoms with Gasteiger partial charge >= 0.3 is 0 Å². The number of benzene rings is 1. The van der Waals surface area contributed by atoms with Crippen molar-refractivity contribution in [1.82, 2.24) is 10.0 Å². The Bertz CT molecular complexity index is 559. The molecule has 0 bridgehead atoms. The van der Waals surface area contributed by atoms with Gasteiger partial charge in [-0.15, -0.1) is 0 Å². The molecule has 0 aromatic heterocycles. The summed E-state index contributed by atoms with van der Waals surface area (Å²) in [6, 6.07) is 6.83. The van der Waals surface area contributed by atoms with Crippen molar-refractivity contribution in [2.75, 3.05) is 26.9 Å². The van der Waals surface area contributed by atoms with Gasteiger partial charge in [-0.3, -0.25) is 0 Å². The first kappa shape index (κ1) is 20.3. The van der Waals surface area contributed by atoms with E-state index in [0.29, 0.717) is 6.73 Å². The molecular weight excluding hydrogens is 308 g/mol. The van der Waals surface area contributed by atoms with E-state index in [2.05, 4.69) is 76.8 Å². The molecule has 0 saturated carbocycles. The number of ether oxygens (including phenoxy) is 1. The summed E-state index contributed by atoms with van der Waals surface area (Å²) in [5, 5.41) is 4.61. The minimum atomic E-state index is 0.112. The largest absolute Gasteiger partial charge is 0.477 e. The van der Waals surface area contributed by atoms with Crippen LogP contribution >= 0.6 is 0 Å². The number of hydrazine groups is 1. The molecule has 0 unspecified atom stereocenters. The lowest BCUT2D eigenvalue weighted by Crippen LogP contribution is -2.40. The van der Waals surface area contributed by atoms with Crippen LogP contribution in [0.15, 0.2) is 18.2 Å². The molecule has 0 amide bonds. The Kier molecular flexibility index (Phi) is 6.56. The maximum atomic E-state index is 6.29. The van der Waals surface area contributed by atoms with Crippen molar-refractivity contribution < 1.29 is 4.74 Å². The molecule has 1 aliphatic rings.